The molecule has 0 spiro atoms. The van der Waals surface area contributed by atoms with Crippen LogP contribution in [0, 0.1) is 0 Å². The molecule has 0 aliphatic heterocycles. The first-order valence-electron chi connectivity index (χ1n) is 20.7. The summed E-state index contributed by atoms with van der Waals surface area (Å²) >= 11 is 0. The van der Waals surface area contributed by atoms with Gasteiger partial charge >= 0.3 is 0 Å². The van der Waals surface area contributed by atoms with Crippen LogP contribution in [0.2, 0.25) is 0 Å². The number of hydrogen-bond donors (Lipinski definition) is 0. The summed E-state index contributed by atoms with van der Waals surface area (Å²) < 4.78 is 2.25. The molecule has 2 heterocycles. The van der Waals surface area contributed by atoms with Gasteiger partial charge in [0.2, 0.25) is 5.52 Å². The summed E-state index contributed by atoms with van der Waals surface area (Å²) in [4.78, 5) is 2.48. The van der Waals surface area contributed by atoms with E-state index in [1.165, 1.54) is 55.6 Å². The van der Waals surface area contributed by atoms with Crippen LogP contribution in [0.25, 0.3) is 50.0 Å². The van der Waals surface area contributed by atoms with Crippen LogP contribution in [0.3, 0.4) is 0 Å². The lowest BCUT2D eigenvalue weighted by Gasteiger charge is -2.35. The lowest BCUT2D eigenvalue weighted by Crippen LogP contribution is -2.28. The Morgan fingerprint density at radius 1 is 0.350 bits per heavy atom. The van der Waals surface area contributed by atoms with Gasteiger partial charge in [-0.2, -0.15) is 4.40 Å². The van der Waals surface area contributed by atoms with Gasteiger partial charge in [-0.15, -0.1) is 0 Å². The molecule has 1 aliphatic carbocycles. The molecule has 0 N–H and O–H groups in total. The van der Waals surface area contributed by atoms with E-state index in [-0.39, 0.29) is 0 Å². The number of benzene rings is 8. The molecule has 11 rings (SSSR count). The average molecular weight is 766 g/mol. The Hall–Kier alpha value is -7.81. The second kappa shape index (κ2) is 14.8. The highest BCUT2D eigenvalue weighted by Gasteiger charge is 2.48. The summed E-state index contributed by atoms with van der Waals surface area (Å²) in [6, 6.07) is 86.4. The van der Waals surface area contributed by atoms with Gasteiger partial charge in [0.25, 0.3) is 0 Å². The second-order valence-electron chi connectivity index (χ2n) is 15.5. The van der Waals surface area contributed by atoms with Crippen molar-refractivity contribution in [1.82, 2.24) is 0 Å². The van der Waals surface area contributed by atoms with Crippen molar-refractivity contribution in [2.75, 3.05) is 4.90 Å². The molecule has 0 saturated carbocycles. The number of fused-ring (bicyclic) bond motifs is 4. The summed E-state index contributed by atoms with van der Waals surface area (Å²) in [5, 5.41) is 0. The van der Waals surface area contributed by atoms with Gasteiger partial charge in [-0.1, -0.05) is 176 Å². The smallest absolute Gasteiger partial charge is 0.211 e. The van der Waals surface area contributed by atoms with Crippen molar-refractivity contribution in [2.24, 2.45) is 0 Å². The normalized spacial score (nSPS) is 12.5. The Balaban J connectivity index is 1.31. The lowest BCUT2D eigenvalue weighted by molar-refractivity contribution is -0.511. The first kappa shape index (κ1) is 35.4. The molecule has 8 aromatic carbocycles. The predicted octanol–water partition coefficient (Wildman–Crippen LogP) is 14.3. The van der Waals surface area contributed by atoms with E-state index in [0.717, 1.165) is 33.7 Å². The van der Waals surface area contributed by atoms with Crippen LogP contribution >= 0.6 is 0 Å². The molecule has 2 heteroatoms. The van der Waals surface area contributed by atoms with Gasteiger partial charge in [-0.3, -0.25) is 0 Å². The molecule has 0 radical (unpaired) electrons. The van der Waals surface area contributed by atoms with E-state index in [1.807, 2.05) is 0 Å². The number of anilines is 3. The minimum Gasteiger partial charge on any atom is -0.310 e. The molecule has 2 nitrogen and oxygen atoms in total. The molecular weight excluding hydrogens is 725 g/mol. The maximum absolute atomic E-state index is 2.50. The first-order chi connectivity index (χ1) is 29.8. The van der Waals surface area contributed by atoms with Crippen LogP contribution in [-0.4, -0.2) is 0 Å². The van der Waals surface area contributed by atoms with Crippen molar-refractivity contribution in [2.45, 2.75) is 5.41 Å². The van der Waals surface area contributed by atoms with Crippen molar-refractivity contribution in [3.05, 3.63) is 271 Å². The fourth-order valence-electron chi connectivity index (χ4n) is 9.56. The summed E-state index contributed by atoms with van der Waals surface area (Å²) in [5.74, 6) is 0. The summed E-state index contributed by atoms with van der Waals surface area (Å²) in [5.41, 5.74) is 18.3. The van der Waals surface area contributed by atoms with Crippen molar-refractivity contribution in [3.63, 3.8) is 0 Å². The van der Waals surface area contributed by atoms with Gasteiger partial charge in [0.15, 0.2) is 12.4 Å². The third-order valence-electron chi connectivity index (χ3n) is 12.2. The summed E-state index contributed by atoms with van der Waals surface area (Å²) in [7, 11) is 0. The number of aromatic nitrogens is 1. The van der Waals surface area contributed by atoms with E-state index in [9.17, 15) is 0 Å². The van der Waals surface area contributed by atoms with Crippen molar-refractivity contribution >= 4 is 22.6 Å². The Bertz CT molecular complexity index is 3080. The van der Waals surface area contributed by atoms with Gasteiger partial charge in [0.05, 0.1) is 16.7 Å². The molecule has 0 fully saturated rings. The molecule has 0 saturated heterocycles. The zero-order valence-electron chi connectivity index (χ0n) is 33.1. The topological polar surface area (TPSA) is 7.34 Å². The molecule has 282 valence electrons. The fourth-order valence-corrected chi connectivity index (χ4v) is 9.56. The molecular formula is C58H41N2+. The van der Waals surface area contributed by atoms with Crippen LogP contribution in [0.4, 0.5) is 17.1 Å². The largest absolute Gasteiger partial charge is 0.310 e. The van der Waals surface area contributed by atoms with Gasteiger partial charge in [0.1, 0.15) is 0 Å². The minimum atomic E-state index is -0.607. The van der Waals surface area contributed by atoms with Gasteiger partial charge < -0.3 is 4.90 Å². The van der Waals surface area contributed by atoms with Crippen molar-refractivity contribution in [1.29, 1.82) is 0 Å². The van der Waals surface area contributed by atoms with Gasteiger partial charge in [0, 0.05) is 40.7 Å². The quantitative estimate of drug-likeness (QED) is 0.140. The van der Waals surface area contributed by atoms with E-state index in [0.29, 0.717) is 0 Å². The third-order valence-corrected chi connectivity index (χ3v) is 12.2. The second-order valence-corrected chi connectivity index (χ2v) is 15.5. The fraction of sp³-hybridized carbons (Fsp3) is 0.0172. The number of hydrogen-bond acceptors (Lipinski definition) is 1. The molecule has 0 atom stereocenters. The van der Waals surface area contributed by atoms with Crippen LogP contribution in [0.1, 0.15) is 22.3 Å². The van der Waals surface area contributed by atoms with Crippen molar-refractivity contribution < 1.29 is 4.40 Å². The van der Waals surface area contributed by atoms with E-state index in [1.54, 1.807) is 0 Å². The van der Waals surface area contributed by atoms with Gasteiger partial charge in [-0.05, 0) is 92.5 Å². The number of para-hydroxylation sites is 1. The third kappa shape index (κ3) is 5.84. The highest BCUT2D eigenvalue weighted by Crippen LogP contribution is 2.60. The van der Waals surface area contributed by atoms with E-state index >= 15 is 0 Å². The maximum Gasteiger partial charge on any atom is 0.211 e. The standard InChI is InChI=1S/C58H41N2/c1-6-21-42(22-7-1)44-25-20-33-50(37-44)60(48-30-14-5-15-31-48)56-39-45(53-41-59-36-19-18-32-49(59)40-52(53)43-23-8-2-9-24-43)38-55-57(56)51-34-16-17-35-54(51)58(55,46-26-10-3-11-27-46)47-28-12-4-13-29-47/h1-41H/q+1. The number of pyridine rings is 2. The van der Waals surface area contributed by atoms with Gasteiger partial charge in [-0.25, -0.2) is 0 Å². The van der Waals surface area contributed by atoms with Crippen LogP contribution in [0.15, 0.2) is 249 Å². The Morgan fingerprint density at radius 3 is 1.62 bits per heavy atom. The summed E-state index contributed by atoms with van der Waals surface area (Å²) in [6.07, 6.45) is 4.47. The lowest BCUT2D eigenvalue weighted by atomic mass is 9.67. The van der Waals surface area contributed by atoms with Crippen LogP contribution < -0.4 is 9.30 Å². The predicted molar refractivity (Wildman–Crippen MR) is 248 cm³/mol. The van der Waals surface area contributed by atoms with Crippen molar-refractivity contribution in [3.8, 4) is 44.5 Å². The molecule has 0 unspecified atom stereocenters. The SMILES string of the molecule is c1ccc(-c2cccc(N(c3ccccc3)c3cc(-c4c[n+]5ccccc5cc4-c4ccccc4)cc4c3-c3ccccc3C4(c3ccccc3)c3ccccc3)c2)cc1. The summed E-state index contributed by atoms with van der Waals surface area (Å²) in [6.45, 7) is 0. The zero-order valence-corrected chi connectivity index (χ0v) is 33.1. The highest BCUT2D eigenvalue weighted by molar-refractivity contribution is 6.01. The molecule has 10 aromatic rings. The Morgan fingerprint density at radius 2 is 0.917 bits per heavy atom. The monoisotopic (exact) mass is 765 g/mol. The first-order valence-corrected chi connectivity index (χ1v) is 20.7. The molecule has 2 aromatic heterocycles. The highest BCUT2D eigenvalue weighted by atomic mass is 15.1. The molecule has 1 aliphatic rings. The Kier molecular flexibility index (Phi) is 8.75. The van der Waals surface area contributed by atoms with E-state index in [2.05, 4.69) is 258 Å². The molecule has 60 heavy (non-hydrogen) atoms. The molecule has 0 amide bonds. The maximum atomic E-state index is 2.50. The van der Waals surface area contributed by atoms with E-state index < -0.39 is 5.41 Å². The zero-order chi connectivity index (χ0) is 39.9. The Labute approximate surface area is 351 Å². The van der Waals surface area contributed by atoms with Crippen LogP contribution in [0.5, 0.6) is 0 Å². The molecule has 0 bridgehead atoms. The van der Waals surface area contributed by atoms with E-state index in [4.69, 9.17) is 0 Å². The average Bonchev–Trinajstić information content (AvgIpc) is 3.64. The minimum absolute atomic E-state index is 0.607. The van der Waals surface area contributed by atoms with Crippen LogP contribution in [-0.2, 0) is 5.41 Å². The number of rotatable bonds is 8. The number of nitrogens with zero attached hydrogens (tertiary/aromatic N) is 2.